The van der Waals surface area contributed by atoms with E-state index in [1.807, 2.05) is 23.1 Å². The van der Waals surface area contributed by atoms with Gasteiger partial charge in [-0.2, -0.15) is 0 Å². The molecule has 0 saturated carbocycles. The summed E-state index contributed by atoms with van der Waals surface area (Å²) < 4.78 is 10.7. The second kappa shape index (κ2) is 8.31. The van der Waals surface area contributed by atoms with Gasteiger partial charge in [0.1, 0.15) is 0 Å². The van der Waals surface area contributed by atoms with Gasteiger partial charge in [-0.3, -0.25) is 0 Å². The molecule has 23 heavy (non-hydrogen) atoms. The maximum absolute atomic E-state index is 12.4. The van der Waals surface area contributed by atoms with Crippen LogP contribution in [0.5, 0.6) is 0 Å². The van der Waals surface area contributed by atoms with E-state index in [1.165, 1.54) is 5.56 Å². The zero-order chi connectivity index (χ0) is 16.7. The van der Waals surface area contributed by atoms with E-state index in [0.29, 0.717) is 32.8 Å². The van der Waals surface area contributed by atoms with Crippen LogP contribution in [-0.2, 0) is 15.9 Å². The molecule has 5 heteroatoms. The Labute approximate surface area is 139 Å². The third kappa shape index (κ3) is 5.84. The van der Waals surface area contributed by atoms with Crippen molar-refractivity contribution in [2.75, 3.05) is 40.0 Å². The summed E-state index contributed by atoms with van der Waals surface area (Å²) >= 11 is 0. The number of nitrogens with one attached hydrogen (secondary N) is 1. The number of ether oxygens (including phenoxy) is 2. The second-order valence-corrected chi connectivity index (χ2v) is 6.88. The standard InChI is InChI=1S/C18H28N2O3/c1-18(2,11-15-7-5-4-6-8-15)14-19-17(21)20-9-10-23-16(12-20)13-22-3/h4-8,16H,9-14H2,1-3H3,(H,19,21). The molecule has 0 aliphatic carbocycles. The minimum atomic E-state index is -0.0307. The van der Waals surface area contributed by atoms with E-state index in [0.717, 1.165) is 6.42 Å². The third-order valence-corrected chi connectivity index (χ3v) is 4.02. The smallest absolute Gasteiger partial charge is 0.317 e. The van der Waals surface area contributed by atoms with E-state index in [9.17, 15) is 4.79 Å². The van der Waals surface area contributed by atoms with Crippen molar-refractivity contribution in [3.63, 3.8) is 0 Å². The molecule has 1 aliphatic rings. The van der Waals surface area contributed by atoms with Gasteiger partial charge < -0.3 is 19.7 Å². The zero-order valence-corrected chi connectivity index (χ0v) is 14.4. The molecule has 1 unspecified atom stereocenters. The molecule has 1 atom stereocenters. The molecule has 1 aliphatic heterocycles. The maximum atomic E-state index is 12.4. The highest BCUT2D eigenvalue weighted by molar-refractivity contribution is 5.74. The zero-order valence-electron chi connectivity index (χ0n) is 14.4. The molecular formula is C18H28N2O3. The Morgan fingerprint density at radius 2 is 2.13 bits per heavy atom. The predicted molar refractivity (Wildman–Crippen MR) is 90.5 cm³/mol. The monoisotopic (exact) mass is 320 g/mol. The van der Waals surface area contributed by atoms with Crippen molar-refractivity contribution in [2.45, 2.75) is 26.4 Å². The fraction of sp³-hybridized carbons (Fsp3) is 0.611. The molecule has 0 radical (unpaired) electrons. The number of amides is 2. The van der Waals surface area contributed by atoms with Crippen molar-refractivity contribution in [3.8, 4) is 0 Å². The van der Waals surface area contributed by atoms with Crippen molar-refractivity contribution >= 4 is 6.03 Å². The van der Waals surface area contributed by atoms with E-state index in [-0.39, 0.29) is 17.6 Å². The van der Waals surface area contributed by atoms with E-state index in [2.05, 4.69) is 31.3 Å². The van der Waals surface area contributed by atoms with Crippen LogP contribution >= 0.6 is 0 Å². The Kier molecular flexibility index (Phi) is 6.42. The van der Waals surface area contributed by atoms with E-state index >= 15 is 0 Å². The number of hydrogen-bond acceptors (Lipinski definition) is 3. The van der Waals surface area contributed by atoms with Crippen LogP contribution in [0.1, 0.15) is 19.4 Å². The molecule has 5 nitrogen and oxygen atoms in total. The molecule has 1 N–H and O–H groups in total. The van der Waals surface area contributed by atoms with E-state index in [4.69, 9.17) is 9.47 Å². The normalized spacial score (nSPS) is 18.7. The number of carbonyl (C=O) groups is 1. The summed E-state index contributed by atoms with van der Waals surface area (Å²) in [6, 6.07) is 10.4. The quantitative estimate of drug-likeness (QED) is 0.875. The maximum Gasteiger partial charge on any atom is 0.317 e. The Bertz CT molecular complexity index is 488. The van der Waals surface area contributed by atoms with Gasteiger partial charge in [-0.15, -0.1) is 0 Å². The average Bonchev–Trinajstić information content (AvgIpc) is 2.54. The third-order valence-electron chi connectivity index (χ3n) is 4.02. The SMILES string of the molecule is COCC1CN(C(=O)NCC(C)(C)Cc2ccccc2)CCO1. The predicted octanol–water partition coefficient (Wildman–Crippen LogP) is 2.31. The van der Waals surface area contributed by atoms with Crippen LogP contribution in [0.15, 0.2) is 30.3 Å². The molecule has 0 aromatic heterocycles. The number of morpholine rings is 1. The Morgan fingerprint density at radius 1 is 1.39 bits per heavy atom. The fourth-order valence-corrected chi connectivity index (χ4v) is 2.83. The Hall–Kier alpha value is -1.59. The lowest BCUT2D eigenvalue weighted by molar-refractivity contribution is -0.0495. The number of methoxy groups -OCH3 is 1. The Morgan fingerprint density at radius 3 is 2.83 bits per heavy atom. The van der Waals surface area contributed by atoms with E-state index in [1.54, 1.807) is 7.11 Å². The lowest BCUT2D eigenvalue weighted by Gasteiger charge is -2.34. The lowest BCUT2D eigenvalue weighted by atomic mass is 9.86. The Balaban J connectivity index is 1.80. The van der Waals surface area contributed by atoms with Crippen molar-refractivity contribution in [1.29, 1.82) is 0 Å². The number of hydrogen-bond donors (Lipinski definition) is 1. The highest BCUT2D eigenvalue weighted by Gasteiger charge is 2.26. The van der Waals surface area contributed by atoms with Crippen LogP contribution in [0.3, 0.4) is 0 Å². The number of urea groups is 1. The molecule has 1 heterocycles. The van der Waals surface area contributed by atoms with Gasteiger partial charge in [-0.1, -0.05) is 44.2 Å². The van der Waals surface area contributed by atoms with Gasteiger partial charge in [-0.25, -0.2) is 4.79 Å². The van der Waals surface area contributed by atoms with Gasteiger partial charge >= 0.3 is 6.03 Å². The molecule has 0 spiro atoms. The summed E-state index contributed by atoms with van der Waals surface area (Å²) in [5.74, 6) is 0. The first-order valence-electron chi connectivity index (χ1n) is 8.17. The van der Waals surface area contributed by atoms with Gasteiger partial charge in [0.05, 0.1) is 25.9 Å². The van der Waals surface area contributed by atoms with Crippen LogP contribution in [0.2, 0.25) is 0 Å². The van der Waals surface area contributed by atoms with Gasteiger partial charge in [0.15, 0.2) is 0 Å². The molecule has 1 aromatic carbocycles. The van der Waals surface area contributed by atoms with Gasteiger partial charge in [0.2, 0.25) is 0 Å². The molecule has 2 rings (SSSR count). The number of nitrogens with zero attached hydrogens (tertiary/aromatic N) is 1. The summed E-state index contributed by atoms with van der Waals surface area (Å²) in [6.07, 6.45) is 0.903. The van der Waals surface area contributed by atoms with Crippen LogP contribution in [-0.4, -0.2) is 57.0 Å². The summed E-state index contributed by atoms with van der Waals surface area (Å²) in [7, 11) is 1.65. The highest BCUT2D eigenvalue weighted by Crippen LogP contribution is 2.21. The van der Waals surface area contributed by atoms with Gasteiger partial charge in [-0.05, 0) is 17.4 Å². The second-order valence-electron chi connectivity index (χ2n) is 6.88. The van der Waals surface area contributed by atoms with Crippen molar-refractivity contribution in [1.82, 2.24) is 10.2 Å². The van der Waals surface area contributed by atoms with Gasteiger partial charge in [0, 0.05) is 20.2 Å². The number of rotatable bonds is 6. The van der Waals surface area contributed by atoms with Crippen molar-refractivity contribution in [3.05, 3.63) is 35.9 Å². The topological polar surface area (TPSA) is 50.8 Å². The largest absolute Gasteiger partial charge is 0.382 e. The van der Waals surface area contributed by atoms with Crippen LogP contribution in [0.4, 0.5) is 4.79 Å². The fourth-order valence-electron chi connectivity index (χ4n) is 2.83. The van der Waals surface area contributed by atoms with Crippen LogP contribution < -0.4 is 5.32 Å². The lowest BCUT2D eigenvalue weighted by Crippen LogP contribution is -2.52. The first-order valence-corrected chi connectivity index (χ1v) is 8.17. The molecule has 2 amide bonds. The van der Waals surface area contributed by atoms with Crippen LogP contribution in [0, 0.1) is 5.41 Å². The molecule has 0 bridgehead atoms. The first kappa shape index (κ1) is 17.8. The number of benzene rings is 1. The minimum absolute atomic E-state index is 0.00916. The van der Waals surface area contributed by atoms with Crippen molar-refractivity contribution < 1.29 is 14.3 Å². The minimum Gasteiger partial charge on any atom is -0.382 e. The van der Waals surface area contributed by atoms with Crippen molar-refractivity contribution in [2.24, 2.45) is 5.41 Å². The molecule has 1 saturated heterocycles. The van der Waals surface area contributed by atoms with Crippen LogP contribution in [0.25, 0.3) is 0 Å². The van der Waals surface area contributed by atoms with E-state index < -0.39 is 0 Å². The van der Waals surface area contributed by atoms with Gasteiger partial charge in [0.25, 0.3) is 0 Å². The molecule has 128 valence electrons. The summed E-state index contributed by atoms with van der Waals surface area (Å²) in [5, 5.41) is 3.07. The summed E-state index contributed by atoms with van der Waals surface area (Å²) in [5.41, 5.74) is 1.30. The average molecular weight is 320 g/mol. The molecule has 1 fully saturated rings. The highest BCUT2D eigenvalue weighted by atomic mass is 16.5. The first-order chi connectivity index (χ1) is 11.0. The summed E-state index contributed by atoms with van der Waals surface area (Å²) in [6.45, 7) is 7.29. The molecule has 1 aromatic rings. The summed E-state index contributed by atoms with van der Waals surface area (Å²) in [4.78, 5) is 14.2. The number of carbonyl (C=O) groups excluding carboxylic acids is 1. The molecular weight excluding hydrogens is 292 g/mol.